The van der Waals surface area contributed by atoms with Crippen LogP contribution in [0.2, 0.25) is 0 Å². The van der Waals surface area contributed by atoms with Gasteiger partial charge >= 0.3 is 0 Å². The van der Waals surface area contributed by atoms with Gasteiger partial charge in [0.1, 0.15) is 5.75 Å². The van der Waals surface area contributed by atoms with Gasteiger partial charge in [-0.15, -0.1) is 0 Å². The molecule has 5 nitrogen and oxygen atoms in total. The number of para-hydroxylation sites is 1. The summed E-state index contributed by atoms with van der Waals surface area (Å²) in [5, 5.41) is 2.96. The van der Waals surface area contributed by atoms with Gasteiger partial charge in [0.2, 0.25) is 5.91 Å². The van der Waals surface area contributed by atoms with Gasteiger partial charge in [0.15, 0.2) is 11.5 Å². The molecule has 2 rings (SSSR count). The number of carbonyl (C=O) groups excluding carboxylic acids is 1. The van der Waals surface area contributed by atoms with E-state index >= 15 is 0 Å². The lowest BCUT2D eigenvalue weighted by atomic mass is 10.1. The van der Waals surface area contributed by atoms with Crippen molar-refractivity contribution < 1.29 is 19.0 Å². The highest BCUT2D eigenvalue weighted by Crippen LogP contribution is 2.28. The van der Waals surface area contributed by atoms with Crippen LogP contribution in [0.4, 0.5) is 0 Å². The number of rotatable bonds is 10. The number of hydrogen-bond acceptors (Lipinski definition) is 4. The Kier molecular flexibility index (Phi) is 7.80. The van der Waals surface area contributed by atoms with Crippen LogP contribution in [0.3, 0.4) is 0 Å². The fraction of sp³-hybridized carbons (Fsp3) is 0.381. The van der Waals surface area contributed by atoms with Crippen LogP contribution < -0.4 is 19.5 Å². The Morgan fingerprint density at radius 3 is 2.42 bits per heavy atom. The number of ether oxygens (including phenoxy) is 3. The van der Waals surface area contributed by atoms with Gasteiger partial charge in [-0.05, 0) is 44.0 Å². The molecule has 0 bridgehead atoms. The summed E-state index contributed by atoms with van der Waals surface area (Å²) >= 11 is 0. The Hall–Kier alpha value is -2.69. The van der Waals surface area contributed by atoms with Crippen LogP contribution in [-0.2, 0) is 17.6 Å². The smallest absolute Gasteiger partial charge is 0.224 e. The summed E-state index contributed by atoms with van der Waals surface area (Å²) in [7, 11) is 1.61. The molecule has 0 saturated heterocycles. The molecule has 1 N–H and O–H groups in total. The largest absolute Gasteiger partial charge is 0.496 e. The number of hydrogen-bond donors (Lipinski definition) is 1. The monoisotopic (exact) mass is 357 g/mol. The predicted molar refractivity (Wildman–Crippen MR) is 102 cm³/mol. The second-order valence-electron chi connectivity index (χ2n) is 5.74. The van der Waals surface area contributed by atoms with Gasteiger partial charge in [0.25, 0.3) is 0 Å². The minimum atomic E-state index is -0.0227. The van der Waals surface area contributed by atoms with Gasteiger partial charge in [-0.2, -0.15) is 0 Å². The van der Waals surface area contributed by atoms with E-state index in [-0.39, 0.29) is 5.91 Å². The van der Waals surface area contributed by atoms with Crippen molar-refractivity contribution in [3.8, 4) is 17.2 Å². The number of amides is 1. The molecule has 26 heavy (non-hydrogen) atoms. The van der Waals surface area contributed by atoms with Gasteiger partial charge in [0.05, 0.1) is 26.7 Å². The van der Waals surface area contributed by atoms with Crippen LogP contribution in [0, 0.1) is 0 Å². The van der Waals surface area contributed by atoms with E-state index in [1.165, 1.54) is 0 Å². The second-order valence-corrected chi connectivity index (χ2v) is 5.74. The molecular weight excluding hydrogens is 330 g/mol. The third-order valence-corrected chi connectivity index (χ3v) is 3.89. The molecule has 5 heteroatoms. The molecule has 0 aliphatic heterocycles. The fourth-order valence-electron chi connectivity index (χ4n) is 2.68. The topological polar surface area (TPSA) is 56.8 Å². The predicted octanol–water partition coefficient (Wildman–Crippen LogP) is 3.39. The highest BCUT2D eigenvalue weighted by Gasteiger charge is 2.09. The first-order valence-corrected chi connectivity index (χ1v) is 8.95. The van der Waals surface area contributed by atoms with Crippen molar-refractivity contribution >= 4 is 5.91 Å². The van der Waals surface area contributed by atoms with Crippen LogP contribution in [0.15, 0.2) is 42.5 Å². The zero-order valence-electron chi connectivity index (χ0n) is 15.7. The first kappa shape index (κ1) is 19.6. The molecule has 0 fully saturated rings. The Bertz CT molecular complexity index is 715. The van der Waals surface area contributed by atoms with Crippen LogP contribution in [-0.4, -0.2) is 32.8 Å². The van der Waals surface area contributed by atoms with E-state index in [1.807, 2.05) is 56.3 Å². The normalized spacial score (nSPS) is 10.3. The SMILES string of the molecule is CCOc1ccc(CCNC(=O)Cc2ccccc2OC)cc1OCC. The standard InChI is InChI=1S/C21H27NO4/c1-4-25-19-11-10-16(14-20(19)26-5-2)12-13-22-21(23)15-17-8-6-7-9-18(17)24-3/h6-11,14H,4-5,12-13,15H2,1-3H3,(H,22,23). The summed E-state index contributed by atoms with van der Waals surface area (Å²) in [6.07, 6.45) is 1.03. The van der Waals surface area contributed by atoms with Crippen molar-refractivity contribution in [1.82, 2.24) is 5.32 Å². The third kappa shape index (κ3) is 5.69. The molecule has 0 aliphatic rings. The van der Waals surface area contributed by atoms with E-state index in [9.17, 15) is 4.79 Å². The Morgan fingerprint density at radius 1 is 0.962 bits per heavy atom. The molecule has 0 spiro atoms. The van der Waals surface area contributed by atoms with E-state index in [4.69, 9.17) is 14.2 Å². The van der Waals surface area contributed by atoms with E-state index in [2.05, 4.69) is 5.32 Å². The van der Waals surface area contributed by atoms with E-state index < -0.39 is 0 Å². The minimum Gasteiger partial charge on any atom is -0.496 e. The van der Waals surface area contributed by atoms with Gasteiger partial charge < -0.3 is 19.5 Å². The van der Waals surface area contributed by atoms with E-state index in [0.717, 1.165) is 34.8 Å². The van der Waals surface area contributed by atoms with Gasteiger partial charge in [-0.1, -0.05) is 24.3 Å². The van der Waals surface area contributed by atoms with Crippen LogP contribution >= 0.6 is 0 Å². The fourth-order valence-corrected chi connectivity index (χ4v) is 2.68. The maximum atomic E-state index is 12.2. The molecule has 0 aliphatic carbocycles. The van der Waals surface area contributed by atoms with Gasteiger partial charge in [0, 0.05) is 12.1 Å². The first-order chi connectivity index (χ1) is 12.7. The number of nitrogens with one attached hydrogen (secondary N) is 1. The molecule has 140 valence electrons. The Morgan fingerprint density at radius 2 is 1.69 bits per heavy atom. The Labute approximate surface area is 155 Å². The highest BCUT2D eigenvalue weighted by atomic mass is 16.5. The molecule has 2 aromatic carbocycles. The molecule has 0 aromatic heterocycles. The van der Waals surface area contributed by atoms with Crippen molar-refractivity contribution in [2.45, 2.75) is 26.7 Å². The number of benzene rings is 2. The Balaban J connectivity index is 1.88. The lowest BCUT2D eigenvalue weighted by Crippen LogP contribution is -2.27. The lowest BCUT2D eigenvalue weighted by molar-refractivity contribution is -0.120. The van der Waals surface area contributed by atoms with E-state index in [0.29, 0.717) is 26.2 Å². The second kappa shape index (κ2) is 10.3. The van der Waals surface area contributed by atoms with Crippen molar-refractivity contribution in [1.29, 1.82) is 0 Å². The van der Waals surface area contributed by atoms with Gasteiger partial charge in [-0.25, -0.2) is 0 Å². The summed E-state index contributed by atoms with van der Waals surface area (Å²) in [6.45, 7) is 5.63. The molecule has 0 radical (unpaired) electrons. The van der Waals surface area contributed by atoms with Crippen molar-refractivity contribution in [3.05, 3.63) is 53.6 Å². The minimum absolute atomic E-state index is 0.0227. The first-order valence-electron chi connectivity index (χ1n) is 8.95. The summed E-state index contributed by atoms with van der Waals surface area (Å²) in [4.78, 5) is 12.2. The zero-order valence-corrected chi connectivity index (χ0v) is 15.7. The highest BCUT2D eigenvalue weighted by molar-refractivity contribution is 5.79. The average molecular weight is 357 g/mol. The number of carbonyl (C=O) groups is 1. The van der Waals surface area contributed by atoms with Crippen LogP contribution in [0.5, 0.6) is 17.2 Å². The van der Waals surface area contributed by atoms with Crippen molar-refractivity contribution in [3.63, 3.8) is 0 Å². The zero-order chi connectivity index (χ0) is 18.8. The summed E-state index contributed by atoms with van der Waals surface area (Å²) in [5.74, 6) is 2.20. The summed E-state index contributed by atoms with van der Waals surface area (Å²) in [5.41, 5.74) is 1.97. The number of methoxy groups -OCH3 is 1. The molecular formula is C21H27NO4. The average Bonchev–Trinajstić information content (AvgIpc) is 2.64. The lowest BCUT2D eigenvalue weighted by Gasteiger charge is -2.13. The summed E-state index contributed by atoms with van der Waals surface area (Å²) in [6, 6.07) is 13.4. The van der Waals surface area contributed by atoms with Crippen molar-refractivity contribution in [2.75, 3.05) is 26.9 Å². The molecule has 2 aromatic rings. The van der Waals surface area contributed by atoms with Crippen molar-refractivity contribution in [2.24, 2.45) is 0 Å². The maximum Gasteiger partial charge on any atom is 0.224 e. The molecule has 1 amide bonds. The molecule has 0 unspecified atom stereocenters. The summed E-state index contributed by atoms with van der Waals surface area (Å²) < 4.78 is 16.5. The molecule has 0 atom stereocenters. The third-order valence-electron chi connectivity index (χ3n) is 3.89. The van der Waals surface area contributed by atoms with Crippen LogP contribution in [0.1, 0.15) is 25.0 Å². The van der Waals surface area contributed by atoms with E-state index in [1.54, 1.807) is 7.11 Å². The van der Waals surface area contributed by atoms with Gasteiger partial charge in [-0.3, -0.25) is 4.79 Å². The molecule has 0 heterocycles. The quantitative estimate of drug-likeness (QED) is 0.708. The maximum absolute atomic E-state index is 12.2. The molecule has 0 saturated carbocycles. The van der Waals surface area contributed by atoms with Crippen LogP contribution in [0.25, 0.3) is 0 Å².